The van der Waals surface area contributed by atoms with Gasteiger partial charge in [0.05, 0.1) is 0 Å². The Hall–Kier alpha value is -0.540. The van der Waals surface area contributed by atoms with Gasteiger partial charge < -0.3 is 5.11 Å². The molecule has 1 rings (SSSR count). The third kappa shape index (κ3) is 2.03. The summed E-state index contributed by atoms with van der Waals surface area (Å²) in [7, 11) is 0. The third-order valence-electron chi connectivity index (χ3n) is 1.05. The van der Waals surface area contributed by atoms with Crippen LogP contribution in [-0.2, 0) is 4.79 Å². The number of carboxylic acids is 1. The number of hydrogen-bond acceptors (Lipinski definition) is 2. The van der Waals surface area contributed by atoms with Gasteiger partial charge in [-0.15, -0.1) is 12.4 Å². The smallest absolute Gasteiger partial charge is 0.324 e. The standard InChI is InChI=1S/C5H7NO2.ClH/c7-5(8)4-2-1-3-6-4;/h1-2,4,6H,3H2,(H,7,8);1H/t4-;/m0./s1. The quantitative estimate of drug-likeness (QED) is 0.517. The zero-order valence-electron chi connectivity index (χ0n) is 4.70. The second kappa shape index (κ2) is 3.48. The van der Waals surface area contributed by atoms with Crippen LogP contribution < -0.4 is 5.32 Å². The Morgan fingerprint density at radius 3 is 2.67 bits per heavy atom. The summed E-state index contributed by atoms with van der Waals surface area (Å²) in [5, 5.41) is 11.0. The van der Waals surface area contributed by atoms with Crippen molar-refractivity contribution >= 4 is 18.4 Å². The molecule has 9 heavy (non-hydrogen) atoms. The van der Waals surface area contributed by atoms with Gasteiger partial charge in [0.15, 0.2) is 0 Å². The molecule has 1 atom stereocenters. The molecule has 0 saturated heterocycles. The Balaban J connectivity index is 0.000000640. The second-order valence-electron chi connectivity index (χ2n) is 1.65. The van der Waals surface area contributed by atoms with Crippen molar-refractivity contribution in [1.82, 2.24) is 5.32 Å². The van der Waals surface area contributed by atoms with Gasteiger partial charge in [-0.25, -0.2) is 0 Å². The Morgan fingerprint density at radius 1 is 1.78 bits per heavy atom. The summed E-state index contributed by atoms with van der Waals surface area (Å²) >= 11 is 0. The molecule has 0 fully saturated rings. The van der Waals surface area contributed by atoms with Gasteiger partial charge in [-0.2, -0.15) is 0 Å². The van der Waals surface area contributed by atoms with E-state index in [-0.39, 0.29) is 12.4 Å². The van der Waals surface area contributed by atoms with E-state index in [0.29, 0.717) is 6.54 Å². The maximum absolute atomic E-state index is 10.1. The molecule has 2 N–H and O–H groups in total. The highest BCUT2D eigenvalue weighted by molar-refractivity contribution is 5.85. The van der Waals surface area contributed by atoms with Crippen LogP contribution in [0.3, 0.4) is 0 Å². The van der Waals surface area contributed by atoms with Crippen molar-refractivity contribution in [3.8, 4) is 0 Å². The fraction of sp³-hybridized carbons (Fsp3) is 0.400. The monoisotopic (exact) mass is 149 g/mol. The van der Waals surface area contributed by atoms with Gasteiger partial charge >= 0.3 is 5.97 Å². The van der Waals surface area contributed by atoms with Crippen LogP contribution in [-0.4, -0.2) is 23.7 Å². The molecule has 0 unspecified atom stereocenters. The van der Waals surface area contributed by atoms with E-state index in [0.717, 1.165) is 0 Å². The van der Waals surface area contributed by atoms with Crippen LogP contribution >= 0.6 is 12.4 Å². The first kappa shape index (κ1) is 8.46. The van der Waals surface area contributed by atoms with Crippen molar-refractivity contribution < 1.29 is 9.90 Å². The molecule has 1 aliphatic heterocycles. The first-order valence-corrected chi connectivity index (χ1v) is 2.43. The molecule has 1 heterocycles. The van der Waals surface area contributed by atoms with Gasteiger partial charge in [0, 0.05) is 6.54 Å². The molecular weight excluding hydrogens is 142 g/mol. The van der Waals surface area contributed by atoms with Gasteiger partial charge in [0.25, 0.3) is 0 Å². The van der Waals surface area contributed by atoms with Gasteiger partial charge in [0.2, 0.25) is 0 Å². The lowest BCUT2D eigenvalue weighted by Gasteiger charge is -1.98. The molecule has 0 radical (unpaired) electrons. The minimum Gasteiger partial charge on any atom is -0.480 e. The van der Waals surface area contributed by atoms with E-state index in [4.69, 9.17) is 5.11 Å². The van der Waals surface area contributed by atoms with E-state index < -0.39 is 12.0 Å². The molecule has 0 amide bonds. The summed E-state index contributed by atoms with van der Waals surface area (Å²) < 4.78 is 0. The highest BCUT2D eigenvalue weighted by Crippen LogP contribution is 1.92. The largest absolute Gasteiger partial charge is 0.480 e. The van der Waals surface area contributed by atoms with Crippen LogP contribution in [0.2, 0.25) is 0 Å². The first-order valence-electron chi connectivity index (χ1n) is 2.43. The fourth-order valence-corrected chi connectivity index (χ4v) is 0.637. The number of aliphatic carboxylic acids is 1. The van der Waals surface area contributed by atoms with Crippen molar-refractivity contribution in [2.45, 2.75) is 6.04 Å². The molecule has 0 aromatic rings. The second-order valence-corrected chi connectivity index (χ2v) is 1.65. The lowest BCUT2D eigenvalue weighted by molar-refractivity contribution is -0.137. The molecule has 4 heteroatoms. The summed E-state index contributed by atoms with van der Waals surface area (Å²) in [4.78, 5) is 10.1. The number of nitrogens with one attached hydrogen (secondary N) is 1. The maximum Gasteiger partial charge on any atom is 0.324 e. The number of hydrogen-bond donors (Lipinski definition) is 2. The Morgan fingerprint density at radius 2 is 2.44 bits per heavy atom. The van der Waals surface area contributed by atoms with Crippen molar-refractivity contribution in [1.29, 1.82) is 0 Å². The first-order chi connectivity index (χ1) is 3.80. The molecule has 52 valence electrons. The Labute approximate surface area is 59.2 Å². The van der Waals surface area contributed by atoms with E-state index in [1.807, 2.05) is 0 Å². The van der Waals surface area contributed by atoms with Gasteiger partial charge in [-0.05, 0) is 0 Å². The number of rotatable bonds is 1. The van der Waals surface area contributed by atoms with Crippen molar-refractivity contribution in [3.63, 3.8) is 0 Å². The zero-order chi connectivity index (χ0) is 5.98. The SMILES string of the molecule is Cl.O=C(O)[C@@H]1C=CCN1. The maximum atomic E-state index is 10.1. The van der Waals surface area contributed by atoms with Crippen LogP contribution in [0, 0.1) is 0 Å². The minimum atomic E-state index is -0.807. The molecular formula is C5H8ClNO2. The molecule has 1 aliphatic rings. The number of carboxylic acid groups (broad SMARTS) is 1. The van der Waals surface area contributed by atoms with E-state index in [2.05, 4.69) is 5.32 Å². The van der Waals surface area contributed by atoms with E-state index >= 15 is 0 Å². The Bertz CT molecular complexity index is 135. The highest BCUT2D eigenvalue weighted by atomic mass is 35.5. The number of carbonyl (C=O) groups is 1. The zero-order valence-corrected chi connectivity index (χ0v) is 5.52. The summed E-state index contributed by atoms with van der Waals surface area (Å²) in [6.07, 6.45) is 3.45. The predicted molar refractivity (Wildman–Crippen MR) is 35.8 cm³/mol. The summed E-state index contributed by atoms with van der Waals surface area (Å²) in [5.41, 5.74) is 0. The average Bonchev–Trinajstić information content (AvgIpc) is 2.12. The highest BCUT2D eigenvalue weighted by Gasteiger charge is 2.14. The molecule has 0 spiro atoms. The lowest BCUT2D eigenvalue weighted by Crippen LogP contribution is -2.30. The van der Waals surface area contributed by atoms with Gasteiger partial charge in [0.1, 0.15) is 6.04 Å². The van der Waals surface area contributed by atoms with Gasteiger partial charge in [-0.3, -0.25) is 10.1 Å². The van der Waals surface area contributed by atoms with E-state index in [9.17, 15) is 4.79 Å². The Kier molecular flexibility index (Phi) is 3.27. The average molecular weight is 150 g/mol. The normalized spacial score (nSPS) is 23.3. The van der Waals surface area contributed by atoms with Crippen molar-refractivity contribution in [3.05, 3.63) is 12.2 Å². The van der Waals surface area contributed by atoms with Crippen molar-refractivity contribution in [2.24, 2.45) is 0 Å². The lowest BCUT2D eigenvalue weighted by atomic mass is 10.3. The van der Waals surface area contributed by atoms with E-state index in [1.54, 1.807) is 12.2 Å². The van der Waals surface area contributed by atoms with Crippen LogP contribution in [0.15, 0.2) is 12.2 Å². The summed E-state index contributed by atoms with van der Waals surface area (Å²) in [6.45, 7) is 0.678. The molecule has 0 aromatic carbocycles. The fourth-order valence-electron chi connectivity index (χ4n) is 0.637. The van der Waals surface area contributed by atoms with Crippen LogP contribution in [0.5, 0.6) is 0 Å². The van der Waals surface area contributed by atoms with Crippen LogP contribution in [0.25, 0.3) is 0 Å². The van der Waals surface area contributed by atoms with Crippen LogP contribution in [0.1, 0.15) is 0 Å². The molecule has 0 aromatic heterocycles. The molecule has 0 aliphatic carbocycles. The molecule has 0 saturated carbocycles. The predicted octanol–water partition coefficient (Wildman–Crippen LogP) is 0.0208. The number of halogens is 1. The molecule has 0 bridgehead atoms. The summed E-state index contributed by atoms with van der Waals surface area (Å²) in [5.74, 6) is -0.807. The van der Waals surface area contributed by atoms with Crippen molar-refractivity contribution in [2.75, 3.05) is 6.54 Å². The van der Waals surface area contributed by atoms with Crippen LogP contribution in [0.4, 0.5) is 0 Å². The summed E-state index contributed by atoms with van der Waals surface area (Å²) in [6, 6.07) is -0.449. The topological polar surface area (TPSA) is 49.3 Å². The third-order valence-corrected chi connectivity index (χ3v) is 1.05. The molecule has 3 nitrogen and oxygen atoms in total. The van der Waals surface area contributed by atoms with Gasteiger partial charge in [-0.1, -0.05) is 12.2 Å². The van der Waals surface area contributed by atoms with E-state index in [1.165, 1.54) is 0 Å². The minimum absolute atomic E-state index is 0.